The van der Waals surface area contributed by atoms with Gasteiger partial charge in [0.2, 0.25) is 0 Å². The molecule has 2 nitrogen and oxygen atoms in total. The molecule has 2 rings (SSSR count). The first-order valence-corrected chi connectivity index (χ1v) is 6.50. The van der Waals surface area contributed by atoms with E-state index in [1.54, 1.807) is 23.1 Å². The fourth-order valence-electron chi connectivity index (χ4n) is 1.43. The molecule has 4 heteroatoms. The highest BCUT2D eigenvalue weighted by atomic mass is 32.2. The molecule has 0 radical (unpaired) electrons. The topological polar surface area (TPSA) is 36.7 Å². The number of aromatic nitrogens is 1. The molecule has 0 spiro atoms. The zero-order chi connectivity index (χ0) is 11.5. The predicted molar refractivity (Wildman–Crippen MR) is 66.9 cm³/mol. The van der Waals surface area contributed by atoms with Crippen LogP contribution in [0, 0.1) is 25.2 Å². The average Bonchev–Trinajstić information content (AvgIpc) is 2.70. The van der Waals surface area contributed by atoms with Crippen molar-refractivity contribution in [2.24, 2.45) is 0 Å². The number of nitrogens with zero attached hydrogens (tertiary/aromatic N) is 2. The zero-order valence-electron chi connectivity index (χ0n) is 9.02. The molecule has 0 fully saturated rings. The van der Waals surface area contributed by atoms with Crippen LogP contribution in [0.25, 0.3) is 0 Å². The molecule has 0 saturated heterocycles. The summed E-state index contributed by atoms with van der Waals surface area (Å²) in [5.41, 5.74) is 2.63. The van der Waals surface area contributed by atoms with E-state index in [-0.39, 0.29) is 0 Å². The van der Waals surface area contributed by atoms with Gasteiger partial charge in [0.05, 0.1) is 9.77 Å². The van der Waals surface area contributed by atoms with Crippen molar-refractivity contribution in [3.8, 4) is 6.07 Å². The van der Waals surface area contributed by atoms with E-state index in [9.17, 15) is 0 Å². The second-order valence-electron chi connectivity index (χ2n) is 3.41. The molecule has 0 bridgehead atoms. The molecule has 80 valence electrons. The highest BCUT2D eigenvalue weighted by molar-refractivity contribution is 8.01. The van der Waals surface area contributed by atoms with E-state index in [1.807, 2.05) is 37.4 Å². The summed E-state index contributed by atoms with van der Waals surface area (Å²) in [6, 6.07) is 8.21. The van der Waals surface area contributed by atoms with Crippen LogP contribution in [0.5, 0.6) is 0 Å². The Hall–Kier alpha value is -1.31. The first-order chi connectivity index (χ1) is 7.70. The van der Waals surface area contributed by atoms with Crippen LogP contribution in [-0.4, -0.2) is 4.98 Å². The average molecular weight is 246 g/mol. The minimum absolute atomic E-state index is 0.684. The molecule has 0 saturated carbocycles. The summed E-state index contributed by atoms with van der Waals surface area (Å²) in [6.45, 7) is 3.90. The third-order valence-electron chi connectivity index (χ3n) is 2.12. The Morgan fingerprint density at radius 2 is 2.25 bits per heavy atom. The number of pyridine rings is 1. The van der Waals surface area contributed by atoms with Crippen LogP contribution in [0.3, 0.4) is 0 Å². The second-order valence-corrected chi connectivity index (χ2v) is 5.64. The van der Waals surface area contributed by atoms with E-state index < -0.39 is 0 Å². The van der Waals surface area contributed by atoms with E-state index in [0.717, 1.165) is 20.5 Å². The number of nitriles is 1. The van der Waals surface area contributed by atoms with Gasteiger partial charge in [0.25, 0.3) is 0 Å². The maximum atomic E-state index is 9.12. The summed E-state index contributed by atoms with van der Waals surface area (Å²) in [4.78, 5) is 4.43. The van der Waals surface area contributed by atoms with E-state index in [0.29, 0.717) is 5.56 Å². The van der Waals surface area contributed by atoms with Gasteiger partial charge >= 0.3 is 0 Å². The maximum Gasteiger partial charge on any atom is 0.120 e. The van der Waals surface area contributed by atoms with Crippen LogP contribution in [0.2, 0.25) is 0 Å². The molecule has 2 aromatic rings. The summed E-state index contributed by atoms with van der Waals surface area (Å²) in [6.07, 6.45) is 0. The molecule has 0 aliphatic rings. The largest absolute Gasteiger partial charge is 0.245 e. The molecule has 0 N–H and O–H groups in total. The Morgan fingerprint density at radius 1 is 1.44 bits per heavy atom. The van der Waals surface area contributed by atoms with E-state index in [2.05, 4.69) is 11.1 Å². The standard InChI is InChI=1S/C12H10N2S2/c1-8-6-9(2)14-12(10(8)7-13)16-11-4-3-5-15-11/h3-6H,1-2H3. The van der Waals surface area contributed by atoms with Crippen LogP contribution >= 0.6 is 23.1 Å². The first-order valence-electron chi connectivity index (χ1n) is 4.80. The van der Waals surface area contributed by atoms with Crippen molar-refractivity contribution in [3.05, 3.63) is 40.4 Å². The van der Waals surface area contributed by atoms with E-state index in [1.165, 1.54) is 0 Å². The van der Waals surface area contributed by atoms with Crippen LogP contribution in [0.1, 0.15) is 16.8 Å². The van der Waals surface area contributed by atoms with Crippen molar-refractivity contribution in [2.75, 3.05) is 0 Å². The Labute approximate surface area is 103 Å². The summed E-state index contributed by atoms with van der Waals surface area (Å²) >= 11 is 3.22. The third-order valence-corrected chi connectivity index (χ3v) is 4.14. The van der Waals surface area contributed by atoms with Gasteiger partial charge in [-0.15, -0.1) is 11.3 Å². The van der Waals surface area contributed by atoms with Gasteiger partial charge in [-0.1, -0.05) is 17.8 Å². The normalized spacial score (nSPS) is 10.1. The van der Waals surface area contributed by atoms with E-state index >= 15 is 0 Å². The molecular formula is C12H10N2S2. The van der Waals surface area contributed by atoms with Gasteiger partial charge in [0, 0.05) is 5.69 Å². The second kappa shape index (κ2) is 4.69. The molecule has 0 aliphatic carbocycles. The van der Waals surface area contributed by atoms with Crippen LogP contribution in [0.15, 0.2) is 32.8 Å². The SMILES string of the molecule is Cc1cc(C)c(C#N)c(Sc2cccs2)n1. The lowest BCUT2D eigenvalue weighted by atomic mass is 10.1. The molecule has 16 heavy (non-hydrogen) atoms. The van der Waals surface area contributed by atoms with Gasteiger partial charge in [0.1, 0.15) is 11.1 Å². The summed E-state index contributed by atoms with van der Waals surface area (Å²) < 4.78 is 1.16. The Kier molecular flexibility index (Phi) is 3.28. The molecule has 0 aliphatic heterocycles. The van der Waals surface area contributed by atoms with E-state index in [4.69, 9.17) is 5.26 Å². The maximum absolute atomic E-state index is 9.12. The predicted octanol–water partition coefficient (Wildman–Crippen LogP) is 3.78. The molecule has 0 unspecified atom stereocenters. The number of aryl methyl sites for hydroxylation is 2. The van der Waals surface area contributed by atoms with Crippen molar-refractivity contribution in [1.82, 2.24) is 4.98 Å². The fourth-order valence-corrected chi connectivity index (χ4v) is 3.31. The highest BCUT2D eigenvalue weighted by Gasteiger charge is 2.10. The lowest BCUT2D eigenvalue weighted by Crippen LogP contribution is -1.93. The Bertz CT molecular complexity index is 539. The smallest absolute Gasteiger partial charge is 0.120 e. The van der Waals surface area contributed by atoms with Gasteiger partial charge in [-0.05, 0) is 36.9 Å². The number of hydrogen-bond donors (Lipinski definition) is 0. The van der Waals surface area contributed by atoms with Crippen molar-refractivity contribution in [2.45, 2.75) is 23.1 Å². The third kappa shape index (κ3) is 2.26. The molecular weight excluding hydrogens is 236 g/mol. The van der Waals surface area contributed by atoms with Gasteiger partial charge < -0.3 is 0 Å². The van der Waals surface area contributed by atoms with Gasteiger partial charge in [-0.3, -0.25) is 0 Å². The Balaban J connectivity index is 2.44. The molecule has 0 atom stereocenters. The molecule has 0 aromatic carbocycles. The Morgan fingerprint density at radius 3 is 2.88 bits per heavy atom. The summed E-state index contributed by atoms with van der Waals surface area (Å²) in [7, 11) is 0. The minimum atomic E-state index is 0.684. The monoisotopic (exact) mass is 246 g/mol. The first kappa shape index (κ1) is 11.2. The lowest BCUT2D eigenvalue weighted by Gasteiger charge is -2.05. The number of rotatable bonds is 2. The zero-order valence-corrected chi connectivity index (χ0v) is 10.7. The van der Waals surface area contributed by atoms with Crippen LogP contribution in [0.4, 0.5) is 0 Å². The van der Waals surface area contributed by atoms with Crippen LogP contribution < -0.4 is 0 Å². The van der Waals surface area contributed by atoms with Crippen molar-refractivity contribution in [1.29, 1.82) is 5.26 Å². The molecule has 2 heterocycles. The lowest BCUT2D eigenvalue weighted by molar-refractivity contribution is 1.03. The quantitative estimate of drug-likeness (QED) is 0.809. The van der Waals surface area contributed by atoms with Gasteiger partial charge in [-0.2, -0.15) is 5.26 Å². The van der Waals surface area contributed by atoms with Crippen molar-refractivity contribution in [3.63, 3.8) is 0 Å². The molecule has 0 amide bonds. The van der Waals surface area contributed by atoms with Crippen LogP contribution in [-0.2, 0) is 0 Å². The summed E-state index contributed by atoms with van der Waals surface area (Å²) in [5.74, 6) is 0. The van der Waals surface area contributed by atoms with Gasteiger partial charge in [-0.25, -0.2) is 4.98 Å². The van der Waals surface area contributed by atoms with Crippen molar-refractivity contribution < 1.29 is 0 Å². The molecule has 2 aromatic heterocycles. The highest BCUT2D eigenvalue weighted by Crippen LogP contribution is 2.33. The summed E-state index contributed by atoms with van der Waals surface area (Å²) in [5, 5.41) is 12.0. The minimum Gasteiger partial charge on any atom is -0.245 e. The fraction of sp³-hybridized carbons (Fsp3) is 0.167. The van der Waals surface area contributed by atoms with Crippen molar-refractivity contribution >= 4 is 23.1 Å². The van der Waals surface area contributed by atoms with Gasteiger partial charge in [0.15, 0.2) is 0 Å². The number of hydrogen-bond acceptors (Lipinski definition) is 4. The number of thiophene rings is 1.